The van der Waals surface area contributed by atoms with Gasteiger partial charge in [0.25, 0.3) is 5.91 Å². The number of fused-ring (bicyclic) bond motifs is 1. The number of anilines is 3. The van der Waals surface area contributed by atoms with Crippen molar-refractivity contribution in [2.24, 2.45) is 0 Å². The number of nitrogens with one attached hydrogen (secondary N) is 3. The number of carbonyl (C=O) groups is 4. The number of amides is 4. The van der Waals surface area contributed by atoms with Crippen LogP contribution < -0.4 is 20.9 Å². The lowest BCUT2D eigenvalue weighted by atomic mass is 10.1. The minimum absolute atomic E-state index is 0.0705. The molecule has 3 N–H and O–H groups in total. The van der Waals surface area contributed by atoms with Crippen molar-refractivity contribution in [2.75, 3.05) is 22.1 Å². The van der Waals surface area contributed by atoms with E-state index in [1.807, 2.05) is 0 Å². The first-order chi connectivity index (χ1) is 14.5. The van der Waals surface area contributed by atoms with Crippen LogP contribution in [0.2, 0.25) is 0 Å². The first-order valence-corrected chi connectivity index (χ1v) is 9.92. The molecule has 2 aliphatic heterocycles. The summed E-state index contributed by atoms with van der Waals surface area (Å²) >= 11 is 0. The molecule has 0 spiro atoms. The zero-order valence-electron chi connectivity index (χ0n) is 16.3. The average Bonchev–Trinajstić information content (AvgIpc) is 3.12. The Kier molecular flexibility index (Phi) is 5.47. The molecule has 30 heavy (non-hydrogen) atoms. The van der Waals surface area contributed by atoms with Crippen LogP contribution in [0.4, 0.5) is 17.1 Å². The Morgan fingerprint density at radius 3 is 2.57 bits per heavy atom. The predicted octanol–water partition coefficient (Wildman–Crippen LogP) is 2.28. The van der Waals surface area contributed by atoms with E-state index in [-0.39, 0.29) is 36.5 Å². The minimum Gasteiger partial charge on any atom is -0.340 e. The Morgan fingerprint density at radius 1 is 1.07 bits per heavy atom. The van der Waals surface area contributed by atoms with Gasteiger partial charge in [0.2, 0.25) is 17.7 Å². The highest BCUT2D eigenvalue weighted by atomic mass is 16.2. The number of hydrogen-bond donors (Lipinski definition) is 3. The van der Waals surface area contributed by atoms with Crippen LogP contribution in [0, 0.1) is 0 Å². The average molecular weight is 406 g/mol. The van der Waals surface area contributed by atoms with Gasteiger partial charge in [-0.2, -0.15) is 0 Å². The molecule has 8 heteroatoms. The summed E-state index contributed by atoms with van der Waals surface area (Å²) in [5.74, 6) is -0.844. The highest BCUT2D eigenvalue weighted by Crippen LogP contribution is 2.23. The van der Waals surface area contributed by atoms with Gasteiger partial charge in [-0.15, -0.1) is 0 Å². The van der Waals surface area contributed by atoms with E-state index in [1.165, 1.54) is 0 Å². The van der Waals surface area contributed by atoms with Crippen molar-refractivity contribution >= 4 is 40.7 Å². The van der Waals surface area contributed by atoms with E-state index in [1.54, 1.807) is 53.4 Å². The van der Waals surface area contributed by atoms with Crippen molar-refractivity contribution in [2.45, 2.75) is 31.7 Å². The maximum absolute atomic E-state index is 12.4. The Labute approximate surface area is 173 Å². The molecule has 1 saturated heterocycles. The molecule has 1 fully saturated rings. The van der Waals surface area contributed by atoms with Crippen molar-refractivity contribution in [3.05, 3.63) is 54.1 Å². The second-order valence-electron chi connectivity index (χ2n) is 7.34. The van der Waals surface area contributed by atoms with E-state index in [0.29, 0.717) is 29.9 Å². The van der Waals surface area contributed by atoms with E-state index in [9.17, 15) is 19.2 Å². The summed E-state index contributed by atoms with van der Waals surface area (Å²) in [6.07, 6.45) is 1.67. The van der Waals surface area contributed by atoms with Crippen LogP contribution in [-0.2, 0) is 14.4 Å². The van der Waals surface area contributed by atoms with Gasteiger partial charge >= 0.3 is 0 Å². The highest BCUT2D eigenvalue weighted by Gasteiger charge is 2.28. The Hall–Kier alpha value is -3.68. The molecule has 8 nitrogen and oxygen atoms in total. The molecular formula is C22H22N4O4. The van der Waals surface area contributed by atoms with Crippen molar-refractivity contribution < 1.29 is 19.2 Å². The van der Waals surface area contributed by atoms with Crippen molar-refractivity contribution in [3.63, 3.8) is 0 Å². The lowest BCUT2D eigenvalue weighted by Crippen LogP contribution is -2.41. The van der Waals surface area contributed by atoms with Crippen LogP contribution in [-0.4, -0.2) is 36.2 Å². The van der Waals surface area contributed by atoms with Gasteiger partial charge in [-0.05, 0) is 49.2 Å². The molecule has 2 heterocycles. The van der Waals surface area contributed by atoms with Gasteiger partial charge in [0.05, 0.1) is 11.3 Å². The maximum atomic E-state index is 12.4. The van der Waals surface area contributed by atoms with Crippen molar-refractivity contribution in [1.29, 1.82) is 0 Å². The molecule has 1 unspecified atom stereocenters. The summed E-state index contributed by atoms with van der Waals surface area (Å²) < 4.78 is 0. The summed E-state index contributed by atoms with van der Waals surface area (Å²) in [5, 5.41) is 8.19. The predicted molar refractivity (Wildman–Crippen MR) is 112 cm³/mol. The topological polar surface area (TPSA) is 108 Å². The van der Waals surface area contributed by atoms with Crippen LogP contribution in [0.3, 0.4) is 0 Å². The normalized spacial score (nSPS) is 18.3. The van der Waals surface area contributed by atoms with Crippen molar-refractivity contribution in [1.82, 2.24) is 5.32 Å². The second-order valence-corrected chi connectivity index (χ2v) is 7.34. The molecule has 0 bridgehead atoms. The molecule has 0 aliphatic carbocycles. The fraction of sp³-hybridized carbons (Fsp3) is 0.273. The smallest absolute Gasteiger partial charge is 0.254 e. The molecule has 0 aromatic heterocycles. The summed E-state index contributed by atoms with van der Waals surface area (Å²) in [7, 11) is 0. The van der Waals surface area contributed by atoms with Crippen LogP contribution in [0.1, 0.15) is 36.0 Å². The number of benzene rings is 2. The third-order valence-electron chi connectivity index (χ3n) is 5.25. The molecule has 4 amide bonds. The fourth-order valence-electron chi connectivity index (χ4n) is 3.66. The molecule has 4 rings (SSSR count). The molecular weight excluding hydrogens is 384 g/mol. The van der Waals surface area contributed by atoms with E-state index in [4.69, 9.17) is 0 Å². The summed E-state index contributed by atoms with van der Waals surface area (Å²) in [5.41, 5.74) is 2.28. The van der Waals surface area contributed by atoms with Gasteiger partial charge in [-0.1, -0.05) is 12.1 Å². The summed E-state index contributed by atoms with van der Waals surface area (Å²) in [6.45, 7) is 0.712. The van der Waals surface area contributed by atoms with Gasteiger partial charge in [-0.3, -0.25) is 19.2 Å². The first kappa shape index (κ1) is 19.6. The lowest BCUT2D eigenvalue weighted by molar-refractivity contribution is -0.119. The van der Waals surface area contributed by atoms with E-state index < -0.39 is 6.04 Å². The van der Waals surface area contributed by atoms with E-state index in [0.717, 1.165) is 12.1 Å². The zero-order chi connectivity index (χ0) is 21.1. The standard InChI is InChI=1S/C22H22N4O4/c27-19(23-14-7-9-15(10-8-14)26-13-3-6-20(26)28)12-11-18-22(30)24-17-5-2-1-4-16(17)21(29)25-18/h1-2,4-5,7-10,18H,3,6,11-13H2,(H,23,27)(H,24,30)(H,25,29). The van der Waals surface area contributed by atoms with E-state index >= 15 is 0 Å². The molecule has 0 radical (unpaired) electrons. The lowest BCUT2D eigenvalue weighted by Gasteiger charge is -2.16. The van der Waals surface area contributed by atoms with Gasteiger partial charge in [0.1, 0.15) is 6.04 Å². The maximum Gasteiger partial charge on any atom is 0.254 e. The Balaban J connectivity index is 1.32. The Morgan fingerprint density at radius 2 is 1.83 bits per heavy atom. The highest BCUT2D eigenvalue weighted by molar-refractivity contribution is 6.10. The monoisotopic (exact) mass is 406 g/mol. The number of hydrogen-bond acceptors (Lipinski definition) is 4. The number of carbonyl (C=O) groups excluding carboxylic acids is 4. The molecule has 2 aliphatic rings. The third kappa shape index (κ3) is 4.17. The molecule has 0 saturated carbocycles. The van der Waals surface area contributed by atoms with Crippen LogP contribution in [0.25, 0.3) is 0 Å². The zero-order valence-corrected chi connectivity index (χ0v) is 16.3. The molecule has 1 atom stereocenters. The van der Waals surface area contributed by atoms with E-state index in [2.05, 4.69) is 16.0 Å². The molecule has 2 aromatic rings. The van der Waals surface area contributed by atoms with Crippen LogP contribution in [0.15, 0.2) is 48.5 Å². The van der Waals surface area contributed by atoms with Gasteiger partial charge in [0.15, 0.2) is 0 Å². The molecule has 154 valence electrons. The Bertz CT molecular complexity index is 1000. The molecule has 2 aromatic carbocycles. The SMILES string of the molecule is O=C(CCC1NC(=O)c2ccccc2NC1=O)Nc1ccc(N2CCCC2=O)cc1. The number of rotatable bonds is 5. The van der Waals surface area contributed by atoms with Gasteiger partial charge < -0.3 is 20.9 Å². The summed E-state index contributed by atoms with van der Waals surface area (Å²) in [6, 6.07) is 13.1. The van der Waals surface area contributed by atoms with Crippen molar-refractivity contribution in [3.8, 4) is 0 Å². The first-order valence-electron chi connectivity index (χ1n) is 9.92. The second kappa shape index (κ2) is 8.36. The van der Waals surface area contributed by atoms with Gasteiger partial charge in [0, 0.05) is 30.8 Å². The van der Waals surface area contributed by atoms with Crippen LogP contribution in [0.5, 0.6) is 0 Å². The summed E-state index contributed by atoms with van der Waals surface area (Å²) in [4.78, 5) is 50.6. The fourth-order valence-corrected chi connectivity index (χ4v) is 3.66. The van der Waals surface area contributed by atoms with Gasteiger partial charge in [-0.25, -0.2) is 0 Å². The largest absolute Gasteiger partial charge is 0.340 e. The van der Waals surface area contributed by atoms with Crippen LogP contribution >= 0.6 is 0 Å². The number of para-hydroxylation sites is 1. The third-order valence-corrected chi connectivity index (χ3v) is 5.25. The minimum atomic E-state index is -0.792. The quantitative estimate of drug-likeness (QED) is 0.708. The number of nitrogens with zero attached hydrogens (tertiary/aromatic N) is 1.